The third-order valence-corrected chi connectivity index (χ3v) is 4.90. The number of pyridine rings is 1. The molecule has 23 heavy (non-hydrogen) atoms. The average molecular weight is 311 g/mol. The Morgan fingerprint density at radius 3 is 2.35 bits per heavy atom. The van der Waals surface area contributed by atoms with Gasteiger partial charge in [-0.15, -0.1) is 0 Å². The summed E-state index contributed by atoms with van der Waals surface area (Å²) in [6, 6.07) is 0. The SMILES string of the molecule is CCn1cc(C(=O)O)c(=O)c2c1C(=O)C1=C(C2=O)C2C=CC1C2. The summed E-state index contributed by atoms with van der Waals surface area (Å²) in [4.78, 5) is 49.5. The number of fused-ring (bicyclic) bond motifs is 5. The van der Waals surface area contributed by atoms with Crippen LogP contribution in [0.25, 0.3) is 0 Å². The van der Waals surface area contributed by atoms with Crippen molar-refractivity contribution in [1.29, 1.82) is 0 Å². The van der Waals surface area contributed by atoms with E-state index in [4.69, 9.17) is 0 Å². The number of rotatable bonds is 2. The second kappa shape index (κ2) is 4.38. The third kappa shape index (κ3) is 1.58. The van der Waals surface area contributed by atoms with E-state index in [0.29, 0.717) is 24.1 Å². The van der Waals surface area contributed by atoms with E-state index in [2.05, 4.69) is 0 Å². The van der Waals surface area contributed by atoms with Crippen LogP contribution < -0.4 is 5.43 Å². The molecule has 116 valence electrons. The van der Waals surface area contributed by atoms with E-state index in [1.54, 1.807) is 6.92 Å². The Hall–Kier alpha value is -2.76. The second-order valence-electron chi connectivity index (χ2n) is 6.01. The molecule has 3 aliphatic rings. The number of allylic oxidation sites excluding steroid dienone is 4. The number of hydrogen-bond donors (Lipinski definition) is 1. The molecule has 2 atom stereocenters. The Labute approximate surface area is 130 Å². The minimum absolute atomic E-state index is 0.0344. The molecule has 1 aromatic rings. The number of aryl methyl sites for hydroxylation is 1. The summed E-state index contributed by atoms with van der Waals surface area (Å²) in [6.45, 7) is 2.03. The molecule has 3 aliphatic carbocycles. The van der Waals surface area contributed by atoms with Crippen LogP contribution in [0.4, 0.5) is 0 Å². The molecule has 0 spiro atoms. The smallest absolute Gasteiger partial charge is 0.341 e. The zero-order valence-electron chi connectivity index (χ0n) is 12.3. The van der Waals surface area contributed by atoms with Gasteiger partial charge in [0.05, 0.1) is 5.56 Å². The zero-order valence-corrected chi connectivity index (χ0v) is 12.3. The van der Waals surface area contributed by atoms with E-state index < -0.39 is 22.7 Å². The topological polar surface area (TPSA) is 93.4 Å². The maximum Gasteiger partial charge on any atom is 0.341 e. The fraction of sp³-hybridized carbons (Fsp3) is 0.294. The van der Waals surface area contributed by atoms with Crippen molar-refractivity contribution in [3.05, 3.63) is 56.5 Å². The average Bonchev–Trinajstić information content (AvgIpc) is 3.13. The van der Waals surface area contributed by atoms with Gasteiger partial charge < -0.3 is 9.67 Å². The standard InChI is InChI=1S/C17H13NO5/c1-2-18-6-9(17(22)23)14(19)12-13(18)16(21)11-8-4-3-7(5-8)10(11)15(12)20/h3-4,6-8H,2,5H2,1H3,(H,22,23). The summed E-state index contributed by atoms with van der Waals surface area (Å²) in [5, 5.41) is 9.20. The van der Waals surface area contributed by atoms with Crippen molar-refractivity contribution in [3.63, 3.8) is 0 Å². The number of carbonyl (C=O) groups excluding carboxylic acids is 2. The van der Waals surface area contributed by atoms with Crippen molar-refractivity contribution in [2.24, 2.45) is 11.8 Å². The molecule has 4 rings (SSSR count). The summed E-state index contributed by atoms with van der Waals surface area (Å²) in [5.41, 5.74) is -0.719. The molecule has 6 heteroatoms. The first-order chi connectivity index (χ1) is 11.0. The van der Waals surface area contributed by atoms with Gasteiger partial charge in [0, 0.05) is 35.7 Å². The molecule has 0 fully saturated rings. The largest absolute Gasteiger partial charge is 0.477 e. The molecular weight excluding hydrogens is 298 g/mol. The monoisotopic (exact) mass is 311 g/mol. The van der Waals surface area contributed by atoms with Crippen LogP contribution in [0, 0.1) is 11.8 Å². The van der Waals surface area contributed by atoms with Crippen LogP contribution in [0.2, 0.25) is 0 Å². The summed E-state index contributed by atoms with van der Waals surface area (Å²) in [6.07, 6.45) is 5.66. The minimum Gasteiger partial charge on any atom is -0.477 e. The molecule has 0 aromatic carbocycles. The third-order valence-electron chi connectivity index (χ3n) is 4.90. The summed E-state index contributed by atoms with van der Waals surface area (Å²) >= 11 is 0. The lowest BCUT2D eigenvalue weighted by molar-refractivity contribution is 0.0693. The normalized spacial score (nSPS) is 24.2. The highest BCUT2D eigenvalue weighted by Crippen LogP contribution is 2.48. The van der Waals surface area contributed by atoms with Crippen LogP contribution in [0.5, 0.6) is 0 Å². The number of hydrogen-bond acceptors (Lipinski definition) is 4. The van der Waals surface area contributed by atoms with Gasteiger partial charge in [-0.3, -0.25) is 14.4 Å². The first-order valence-corrected chi connectivity index (χ1v) is 7.48. The molecule has 0 saturated carbocycles. The lowest BCUT2D eigenvalue weighted by atomic mass is 9.81. The number of Topliss-reactive ketones (excluding diaryl/α,β-unsaturated/α-hetero) is 2. The number of nitrogens with zero attached hydrogens (tertiary/aromatic N) is 1. The van der Waals surface area contributed by atoms with E-state index in [-0.39, 0.29) is 28.9 Å². The fourth-order valence-electron chi connectivity index (χ4n) is 3.89. The van der Waals surface area contributed by atoms with E-state index >= 15 is 0 Å². The molecule has 0 saturated heterocycles. The molecule has 1 heterocycles. The Balaban J connectivity index is 2.05. The Kier molecular flexibility index (Phi) is 2.64. The molecule has 1 N–H and O–H groups in total. The Bertz CT molecular complexity index is 931. The van der Waals surface area contributed by atoms with Crippen molar-refractivity contribution < 1.29 is 19.5 Å². The van der Waals surface area contributed by atoms with Crippen LogP contribution in [0.1, 0.15) is 44.5 Å². The summed E-state index contributed by atoms with van der Waals surface area (Å²) in [5.74, 6) is -2.40. The molecule has 1 aromatic heterocycles. The number of carboxylic acid groups (broad SMARTS) is 1. The van der Waals surface area contributed by atoms with Crippen molar-refractivity contribution in [3.8, 4) is 0 Å². The highest BCUT2D eigenvalue weighted by molar-refractivity contribution is 6.27. The zero-order chi connectivity index (χ0) is 16.5. The molecule has 0 amide bonds. The van der Waals surface area contributed by atoms with E-state index in [1.807, 2.05) is 12.2 Å². The van der Waals surface area contributed by atoms with Crippen LogP contribution in [-0.4, -0.2) is 27.2 Å². The number of ketones is 2. The maximum atomic E-state index is 12.9. The number of carbonyl (C=O) groups is 3. The van der Waals surface area contributed by atoms with E-state index in [1.165, 1.54) is 4.57 Å². The summed E-state index contributed by atoms with van der Waals surface area (Å²) < 4.78 is 1.40. The Morgan fingerprint density at radius 1 is 1.17 bits per heavy atom. The lowest BCUT2D eigenvalue weighted by Crippen LogP contribution is -2.36. The van der Waals surface area contributed by atoms with Gasteiger partial charge >= 0.3 is 5.97 Å². The predicted molar refractivity (Wildman–Crippen MR) is 79.8 cm³/mol. The van der Waals surface area contributed by atoms with Gasteiger partial charge in [0.15, 0.2) is 5.78 Å². The van der Waals surface area contributed by atoms with E-state index in [9.17, 15) is 24.3 Å². The minimum atomic E-state index is -1.40. The van der Waals surface area contributed by atoms with Gasteiger partial charge in [-0.1, -0.05) is 12.2 Å². The van der Waals surface area contributed by atoms with Crippen molar-refractivity contribution in [2.75, 3.05) is 0 Å². The van der Waals surface area contributed by atoms with Crippen LogP contribution in [0.15, 0.2) is 34.3 Å². The van der Waals surface area contributed by atoms with Crippen molar-refractivity contribution in [1.82, 2.24) is 4.57 Å². The first kappa shape index (κ1) is 13.9. The molecule has 2 unspecified atom stereocenters. The van der Waals surface area contributed by atoms with Gasteiger partial charge in [0.2, 0.25) is 11.2 Å². The maximum absolute atomic E-state index is 12.9. The van der Waals surface area contributed by atoms with Crippen molar-refractivity contribution in [2.45, 2.75) is 19.9 Å². The number of carboxylic acids is 1. The quantitative estimate of drug-likeness (QED) is 0.834. The van der Waals surface area contributed by atoms with Gasteiger partial charge in [0.1, 0.15) is 11.3 Å². The number of aromatic carboxylic acids is 1. The van der Waals surface area contributed by atoms with Gasteiger partial charge in [-0.25, -0.2) is 4.79 Å². The van der Waals surface area contributed by atoms with Crippen LogP contribution in [-0.2, 0) is 6.54 Å². The fourth-order valence-corrected chi connectivity index (χ4v) is 3.89. The summed E-state index contributed by atoms with van der Waals surface area (Å²) in [7, 11) is 0. The van der Waals surface area contributed by atoms with Crippen molar-refractivity contribution >= 4 is 17.5 Å². The van der Waals surface area contributed by atoms with Gasteiger partial charge in [-0.05, 0) is 13.3 Å². The van der Waals surface area contributed by atoms with Crippen LogP contribution in [0.3, 0.4) is 0 Å². The van der Waals surface area contributed by atoms with Crippen LogP contribution >= 0.6 is 0 Å². The van der Waals surface area contributed by atoms with Gasteiger partial charge in [0.25, 0.3) is 0 Å². The molecular formula is C17H13NO5. The highest BCUT2D eigenvalue weighted by atomic mass is 16.4. The van der Waals surface area contributed by atoms with E-state index in [0.717, 1.165) is 6.20 Å². The Morgan fingerprint density at radius 2 is 1.78 bits per heavy atom. The molecule has 0 aliphatic heterocycles. The first-order valence-electron chi connectivity index (χ1n) is 7.48. The predicted octanol–water partition coefficient (Wildman–Crippen LogP) is 1.45. The van der Waals surface area contributed by atoms with Gasteiger partial charge in [-0.2, -0.15) is 0 Å². The molecule has 0 radical (unpaired) electrons. The molecule has 6 nitrogen and oxygen atoms in total. The molecule has 2 bridgehead atoms. The number of aromatic nitrogens is 1. The second-order valence-corrected chi connectivity index (χ2v) is 6.01. The highest BCUT2D eigenvalue weighted by Gasteiger charge is 2.47. The lowest BCUT2D eigenvalue weighted by Gasteiger charge is -2.24.